The molecule has 4 nitrogen and oxygen atoms in total. The Bertz CT molecular complexity index is 860. The van der Waals surface area contributed by atoms with E-state index < -0.39 is 0 Å². The van der Waals surface area contributed by atoms with Gasteiger partial charge < -0.3 is 4.90 Å². The lowest BCUT2D eigenvalue weighted by molar-refractivity contribution is -0.136. The summed E-state index contributed by atoms with van der Waals surface area (Å²) >= 11 is 0. The van der Waals surface area contributed by atoms with Crippen molar-refractivity contribution in [2.24, 2.45) is 0 Å². The maximum absolute atomic E-state index is 13.4. The van der Waals surface area contributed by atoms with Gasteiger partial charge in [0, 0.05) is 18.8 Å². The van der Waals surface area contributed by atoms with Crippen molar-refractivity contribution >= 4 is 23.1 Å². The van der Waals surface area contributed by atoms with E-state index in [0.717, 1.165) is 18.5 Å². The number of carbonyl (C=O) groups excluding carboxylic acids is 2. The number of para-hydroxylation sites is 1. The third-order valence-corrected chi connectivity index (χ3v) is 4.67. The highest BCUT2D eigenvalue weighted by molar-refractivity contribution is 6.36. The molecular formula is C22H23FN2O2. The summed E-state index contributed by atoms with van der Waals surface area (Å²) in [7, 11) is 0. The van der Waals surface area contributed by atoms with Crippen LogP contribution in [0.25, 0.3) is 5.57 Å². The van der Waals surface area contributed by atoms with E-state index in [0.29, 0.717) is 29.9 Å². The number of nitrogens with zero attached hydrogens (tertiary/aromatic N) is 2. The Kier molecular flexibility index (Phi) is 5.69. The van der Waals surface area contributed by atoms with Gasteiger partial charge in [-0.25, -0.2) is 4.39 Å². The van der Waals surface area contributed by atoms with Crippen molar-refractivity contribution in [1.82, 2.24) is 4.90 Å². The molecule has 0 aromatic heterocycles. The fourth-order valence-electron chi connectivity index (χ4n) is 3.29. The molecule has 2 aromatic rings. The van der Waals surface area contributed by atoms with E-state index in [9.17, 15) is 14.0 Å². The number of imide groups is 1. The van der Waals surface area contributed by atoms with Gasteiger partial charge in [0.1, 0.15) is 11.5 Å². The fraction of sp³-hybridized carbons (Fsp3) is 0.273. The summed E-state index contributed by atoms with van der Waals surface area (Å²) in [5, 5.41) is 0. The van der Waals surface area contributed by atoms with Gasteiger partial charge in [-0.3, -0.25) is 14.5 Å². The van der Waals surface area contributed by atoms with Crippen molar-refractivity contribution < 1.29 is 14.0 Å². The zero-order valence-corrected chi connectivity index (χ0v) is 15.6. The van der Waals surface area contributed by atoms with E-state index in [4.69, 9.17) is 0 Å². The average Bonchev–Trinajstić information content (AvgIpc) is 2.93. The molecule has 5 heteroatoms. The summed E-state index contributed by atoms with van der Waals surface area (Å²) in [4.78, 5) is 29.4. The number of likely N-dealkylation sites (N-methyl/N-ethyl adjacent to an activating group) is 1. The Balaban J connectivity index is 2.14. The second-order valence-electron chi connectivity index (χ2n) is 6.43. The van der Waals surface area contributed by atoms with Crippen LogP contribution < -0.4 is 4.90 Å². The number of hydrogen-bond donors (Lipinski definition) is 0. The van der Waals surface area contributed by atoms with Crippen molar-refractivity contribution in [3.05, 3.63) is 71.7 Å². The molecule has 0 saturated heterocycles. The highest BCUT2D eigenvalue weighted by Gasteiger charge is 2.41. The minimum absolute atomic E-state index is 0.293. The van der Waals surface area contributed by atoms with Crippen LogP contribution in [-0.4, -0.2) is 29.8 Å². The molecule has 1 aliphatic rings. The van der Waals surface area contributed by atoms with E-state index in [1.165, 1.54) is 17.0 Å². The molecule has 1 aliphatic heterocycles. The molecule has 0 fully saturated rings. The van der Waals surface area contributed by atoms with Crippen LogP contribution in [0.5, 0.6) is 0 Å². The first kappa shape index (κ1) is 18.8. The van der Waals surface area contributed by atoms with Gasteiger partial charge in [-0.1, -0.05) is 43.7 Å². The largest absolute Gasteiger partial charge is 0.337 e. The lowest BCUT2D eigenvalue weighted by Gasteiger charge is -2.24. The second kappa shape index (κ2) is 8.16. The molecule has 0 spiro atoms. The van der Waals surface area contributed by atoms with Crippen LogP contribution in [-0.2, 0) is 9.59 Å². The average molecular weight is 366 g/mol. The predicted molar refractivity (Wildman–Crippen MR) is 104 cm³/mol. The minimum Gasteiger partial charge on any atom is -0.337 e. The SMILES string of the molecule is CCCCN1C(=O)C(c2ccc(F)cc2)=C(N(CC)c2ccccc2)C1=O. The van der Waals surface area contributed by atoms with Crippen molar-refractivity contribution in [2.75, 3.05) is 18.0 Å². The first-order valence-corrected chi connectivity index (χ1v) is 9.27. The molecule has 0 bridgehead atoms. The molecule has 0 N–H and O–H groups in total. The van der Waals surface area contributed by atoms with Gasteiger partial charge in [0.25, 0.3) is 11.8 Å². The van der Waals surface area contributed by atoms with Crippen LogP contribution in [0.1, 0.15) is 32.3 Å². The Hall–Kier alpha value is -2.95. The fourth-order valence-corrected chi connectivity index (χ4v) is 3.29. The van der Waals surface area contributed by atoms with Crippen LogP contribution in [0.4, 0.5) is 10.1 Å². The van der Waals surface area contributed by atoms with Gasteiger partial charge in [-0.15, -0.1) is 0 Å². The Morgan fingerprint density at radius 2 is 1.59 bits per heavy atom. The summed E-state index contributed by atoms with van der Waals surface area (Å²) in [5.74, 6) is -0.987. The number of amides is 2. The van der Waals surface area contributed by atoms with E-state index in [-0.39, 0.29) is 17.6 Å². The molecule has 2 aromatic carbocycles. The lowest BCUT2D eigenvalue weighted by atomic mass is 10.0. The lowest BCUT2D eigenvalue weighted by Crippen LogP contribution is -2.36. The monoisotopic (exact) mass is 366 g/mol. The molecule has 0 atom stereocenters. The topological polar surface area (TPSA) is 40.6 Å². The van der Waals surface area contributed by atoms with Crippen molar-refractivity contribution in [3.63, 3.8) is 0 Å². The van der Waals surface area contributed by atoms with Crippen molar-refractivity contribution in [2.45, 2.75) is 26.7 Å². The minimum atomic E-state index is -0.379. The van der Waals surface area contributed by atoms with Crippen molar-refractivity contribution in [1.29, 1.82) is 0 Å². The van der Waals surface area contributed by atoms with Crippen LogP contribution in [0.15, 0.2) is 60.3 Å². The van der Waals surface area contributed by atoms with Gasteiger partial charge in [0.15, 0.2) is 0 Å². The van der Waals surface area contributed by atoms with Crippen molar-refractivity contribution in [3.8, 4) is 0 Å². The smallest absolute Gasteiger partial charge is 0.278 e. The summed E-state index contributed by atoms with van der Waals surface area (Å²) in [5.41, 5.74) is 2.09. The summed E-state index contributed by atoms with van der Waals surface area (Å²) < 4.78 is 13.4. The maximum atomic E-state index is 13.4. The van der Waals surface area contributed by atoms with E-state index >= 15 is 0 Å². The Morgan fingerprint density at radius 3 is 2.19 bits per heavy atom. The number of halogens is 1. The molecule has 0 unspecified atom stereocenters. The molecule has 0 aliphatic carbocycles. The normalized spacial score (nSPS) is 14.3. The first-order chi connectivity index (χ1) is 13.1. The van der Waals surface area contributed by atoms with Gasteiger partial charge in [-0.05, 0) is 43.2 Å². The third kappa shape index (κ3) is 3.63. The Morgan fingerprint density at radius 1 is 0.926 bits per heavy atom. The number of hydrogen-bond acceptors (Lipinski definition) is 3. The molecule has 27 heavy (non-hydrogen) atoms. The standard InChI is InChI=1S/C22H23FN2O2/c1-3-5-15-25-21(26)19(16-11-13-17(23)14-12-16)20(22(25)27)24(4-2)18-9-7-6-8-10-18/h6-14H,3-5,15H2,1-2H3. The van der Waals surface area contributed by atoms with Crippen LogP contribution in [0.2, 0.25) is 0 Å². The molecule has 0 radical (unpaired) electrons. The highest BCUT2D eigenvalue weighted by atomic mass is 19.1. The van der Waals surface area contributed by atoms with Gasteiger partial charge >= 0.3 is 0 Å². The molecule has 1 heterocycles. The molecule has 140 valence electrons. The number of rotatable bonds is 7. The maximum Gasteiger partial charge on any atom is 0.278 e. The van der Waals surface area contributed by atoms with Gasteiger partial charge in [0.05, 0.1) is 5.57 Å². The van der Waals surface area contributed by atoms with Crippen LogP contribution in [0, 0.1) is 5.82 Å². The van der Waals surface area contributed by atoms with Gasteiger partial charge in [0.2, 0.25) is 0 Å². The second-order valence-corrected chi connectivity index (χ2v) is 6.43. The number of unbranched alkanes of at least 4 members (excludes halogenated alkanes) is 1. The number of anilines is 1. The number of carbonyl (C=O) groups is 2. The summed E-state index contributed by atoms with van der Waals surface area (Å²) in [6.07, 6.45) is 1.63. The first-order valence-electron chi connectivity index (χ1n) is 9.27. The van der Waals surface area contributed by atoms with Gasteiger partial charge in [-0.2, -0.15) is 0 Å². The molecular weight excluding hydrogens is 343 g/mol. The molecule has 2 amide bonds. The Labute approximate surface area is 158 Å². The zero-order valence-electron chi connectivity index (χ0n) is 15.6. The van der Waals surface area contributed by atoms with Crippen LogP contribution >= 0.6 is 0 Å². The molecule has 0 saturated carbocycles. The summed E-state index contributed by atoms with van der Waals surface area (Å²) in [6, 6.07) is 15.2. The third-order valence-electron chi connectivity index (χ3n) is 4.67. The highest BCUT2D eigenvalue weighted by Crippen LogP contribution is 2.34. The van der Waals surface area contributed by atoms with Crippen LogP contribution in [0.3, 0.4) is 0 Å². The van der Waals surface area contributed by atoms with E-state index in [1.54, 1.807) is 12.1 Å². The summed E-state index contributed by atoms with van der Waals surface area (Å²) in [6.45, 7) is 4.87. The predicted octanol–water partition coefficient (Wildman–Crippen LogP) is 4.23. The zero-order chi connectivity index (χ0) is 19.4. The van der Waals surface area contributed by atoms with E-state index in [2.05, 4.69) is 0 Å². The van der Waals surface area contributed by atoms with E-state index in [1.807, 2.05) is 49.1 Å². The number of benzene rings is 2. The molecule has 3 rings (SSSR count). The quantitative estimate of drug-likeness (QED) is 0.689.